The van der Waals surface area contributed by atoms with E-state index in [0.717, 1.165) is 0 Å². The Morgan fingerprint density at radius 2 is 2.31 bits per heavy atom. The lowest BCUT2D eigenvalue weighted by molar-refractivity contribution is 0.165. The third-order valence-electron chi connectivity index (χ3n) is 2.53. The standard InChI is InChI=1S/C10H12BrN3O2/c1-10(2,5-15)14-7-4-12-8(11)3-6(7)13-9(14)16/h3-4,15H,5H2,1-2H3,(H,13,16). The average molecular weight is 286 g/mol. The number of aliphatic hydroxyl groups excluding tert-OH is 1. The highest BCUT2D eigenvalue weighted by atomic mass is 79.9. The van der Waals surface area contributed by atoms with E-state index in [9.17, 15) is 9.90 Å². The van der Waals surface area contributed by atoms with Crippen LogP contribution in [0.25, 0.3) is 11.0 Å². The van der Waals surface area contributed by atoms with Crippen LogP contribution in [-0.2, 0) is 5.54 Å². The summed E-state index contributed by atoms with van der Waals surface area (Å²) in [5, 5.41) is 9.30. The summed E-state index contributed by atoms with van der Waals surface area (Å²) in [5.74, 6) is 0. The highest BCUT2D eigenvalue weighted by Crippen LogP contribution is 2.20. The zero-order chi connectivity index (χ0) is 11.9. The minimum atomic E-state index is -0.648. The fraction of sp³-hybridized carbons (Fsp3) is 0.400. The van der Waals surface area contributed by atoms with E-state index >= 15 is 0 Å². The van der Waals surface area contributed by atoms with Crippen LogP contribution in [0.3, 0.4) is 0 Å². The van der Waals surface area contributed by atoms with Crippen molar-refractivity contribution in [1.82, 2.24) is 14.5 Å². The number of H-pyrrole nitrogens is 1. The monoisotopic (exact) mass is 285 g/mol. The summed E-state index contributed by atoms with van der Waals surface area (Å²) in [6.45, 7) is 3.48. The summed E-state index contributed by atoms with van der Waals surface area (Å²) < 4.78 is 2.18. The van der Waals surface area contributed by atoms with E-state index in [0.29, 0.717) is 15.6 Å². The fourth-order valence-corrected chi connectivity index (χ4v) is 1.98. The number of halogens is 1. The van der Waals surface area contributed by atoms with Crippen molar-refractivity contribution < 1.29 is 5.11 Å². The molecule has 0 aliphatic carbocycles. The number of fused-ring (bicyclic) bond motifs is 1. The number of aromatic nitrogens is 3. The van der Waals surface area contributed by atoms with Crippen LogP contribution < -0.4 is 5.69 Å². The van der Waals surface area contributed by atoms with E-state index in [2.05, 4.69) is 25.9 Å². The molecule has 0 unspecified atom stereocenters. The molecular weight excluding hydrogens is 274 g/mol. The first-order valence-corrected chi connectivity index (χ1v) is 5.62. The maximum Gasteiger partial charge on any atom is 0.327 e. The third kappa shape index (κ3) is 1.68. The molecule has 0 spiro atoms. The largest absolute Gasteiger partial charge is 0.394 e. The van der Waals surface area contributed by atoms with Crippen molar-refractivity contribution in [2.24, 2.45) is 0 Å². The zero-order valence-corrected chi connectivity index (χ0v) is 10.6. The van der Waals surface area contributed by atoms with Gasteiger partial charge in [0, 0.05) is 0 Å². The van der Waals surface area contributed by atoms with Crippen LogP contribution in [0.2, 0.25) is 0 Å². The molecule has 6 heteroatoms. The molecule has 0 aromatic carbocycles. The maximum atomic E-state index is 11.8. The van der Waals surface area contributed by atoms with Crippen LogP contribution in [0.5, 0.6) is 0 Å². The number of hydrogen-bond acceptors (Lipinski definition) is 3. The van der Waals surface area contributed by atoms with Crippen LogP contribution in [0.1, 0.15) is 13.8 Å². The number of hydrogen-bond donors (Lipinski definition) is 2. The Morgan fingerprint density at radius 1 is 1.62 bits per heavy atom. The SMILES string of the molecule is CC(C)(CO)n1c(=O)[nH]c2cc(Br)ncc21. The second-order valence-electron chi connectivity index (χ2n) is 4.26. The van der Waals surface area contributed by atoms with Crippen molar-refractivity contribution in [3.8, 4) is 0 Å². The molecule has 0 aliphatic rings. The van der Waals surface area contributed by atoms with Crippen LogP contribution in [0.15, 0.2) is 21.7 Å². The van der Waals surface area contributed by atoms with E-state index < -0.39 is 5.54 Å². The maximum absolute atomic E-state index is 11.8. The van der Waals surface area contributed by atoms with Crippen LogP contribution >= 0.6 is 15.9 Å². The lowest BCUT2D eigenvalue weighted by Gasteiger charge is -2.23. The summed E-state index contributed by atoms with van der Waals surface area (Å²) in [6.07, 6.45) is 1.61. The number of pyridine rings is 1. The molecule has 2 heterocycles. The number of imidazole rings is 1. The van der Waals surface area contributed by atoms with Crippen molar-refractivity contribution in [1.29, 1.82) is 0 Å². The topological polar surface area (TPSA) is 70.9 Å². The Bertz CT molecular complexity index is 585. The van der Waals surface area contributed by atoms with Crippen molar-refractivity contribution in [2.45, 2.75) is 19.4 Å². The predicted octanol–water partition coefficient (Wildman–Crippen LogP) is 1.21. The molecule has 0 saturated heterocycles. The number of nitrogens with zero attached hydrogens (tertiary/aromatic N) is 2. The molecule has 86 valence electrons. The van der Waals surface area contributed by atoms with E-state index in [1.54, 1.807) is 26.1 Å². The van der Waals surface area contributed by atoms with E-state index in [4.69, 9.17) is 0 Å². The van der Waals surface area contributed by atoms with E-state index in [-0.39, 0.29) is 12.3 Å². The van der Waals surface area contributed by atoms with Crippen molar-refractivity contribution in [3.05, 3.63) is 27.4 Å². The molecule has 2 N–H and O–H groups in total. The molecule has 2 rings (SSSR count). The number of nitrogens with one attached hydrogen (secondary N) is 1. The van der Waals surface area contributed by atoms with Crippen molar-refractivity contribution in [2.75, 3.05) is 6.61 Å². The number of rotatable bonds is 2. The molecule has 2 aromatic heterocycles. The molecule has 0 aliphatic heterocycles. The average Bonchev–Trinajstić information content (AvgIpc) is 2.53. The summed E-state index contributed by atoms with van der Waals surface area (Å²) in [4.78, 5) is 18.6. The Morgan fingerprint density at radius 3 is 2.94 bits per heavy atom. The van der Waals surface area contributed by atoms with Crippen molar-refractivity contribution >= 4 is 27.0 Å². The van der Waals surface area contributed by atoms with Crippen LogP contribution in [0, 0.1) is 0 Å². The Kier molecular flexibility index (Phi) is 2.63. The lowest BCUT2D eigenvalue weighted by atomic mass is 10.1. The number of aromatic amines is 1. The predicted molar refractivity (Wildman–Crippen MR) is 64.5 cm³/mol. The van der Waals surface area contributed by atoms with Gasteiger partial charge in [0.25, 0.3) is 0 Å². The van der Waals surface area contributed by atoms with Crippen LogP contribution in [-0.4, -0.2) is 26.2 Å². The molecule has 16 heavy (non-hydrogen) atoms. The summed E-state index contributed by atoms with van der Waals surface area (Å²) in [5.41, 5.74) is 0.500. The molecule has 0 saturated carbocycles. The first-order chi connectivity index (χ1) is 7.45. The minimum Gasteiger partial charge on any atom is -0.394 e. The van der Waals surface area contributed by atoms with Gasteiger partial charge in [-0.2, -0.15) is 0 Å². The van der Waals surface area contributed by atoms with E-state index in [1.165, 1.54) is 4.57 Å². The molecule has 0 radical (unpaired) electrons. The smallest absolute Gasteiger partial charge is 0.327 e. The van der Waals surface area contributed by atoms with Crippen LogP contribution in [0.4, 0.5) is 0 Å². The first kappa shape index (κ1) is 11.3. The summed E-state index contributed by atoms with van der Waals surface area (Å²) in [6, 6.07) is 1.74. The van der Waals surface area contributed by atoms with Gasteiger partial charge >= 0.3 is 5.69 Å². The summed E-state index contributed by atoms with van der Waals surface area (Å²) >= 11 is 3.24. The highest BCUT2D eigenvalue weighted by Gasteiger charge is 2.24. The molecular formula is C10H12BrN3O2. The second kappa shape index (κ2) is 3.71. The summed E-state index contributed by atoms with van der Waals surface area (Å²) in [7, 11) is 0. The van der Waals surface area contributed by atoms with Gasteiger partial charge < -0.3 is 10.1 Å². The van der Waals surface area contributed by atoms with Gasteiger partial charge in [-0.1, -0.05) is 0 Å². The molecule has 0 bridgehead atoms. The quantitative estimate of drug-likeness (QED) is 0.815. The highest BCUT2D eigenvalue weighted by molar-refractivity contribution is 9.10. The molecule has 0 amide bonds. The van der Waals surface area contributed by atoms with Gasteiger partial charge in [0.15, 0.2) is 0 Å². The van der Waals surface area contributed by atoms with Gasteiger partial charge in [-0.3, -0.25) is 4.57 Å². The minimum absolute atomic E-state index is 0.115. The van der Waals surface area contributed by atoms with Gasteiger partial charge in [-0.15, -0.1) is 0 Å². The Hall–Kier alpha value is -1.14. The zero-order valence-electron chi connectivity index (χ0n) is 8.99. The first-order valence-electron chi connectivity index (χ1n) is 4.83. The molecule has 5 nitrogen and oxygen atoms in total. The van der Waals surface area contributed by atoms with Gasteiger partial charge in [0.05, 0.1) is 29.4 Å². The van der Waals surface area contributed by atoms with Gasteiger partial charge in [0.2, 0.25) is 0 Å². The number of aliphatic hydroxyl groups is 1. The Labute approximate surface area is 100 Å². The Balaban J connectivity index is 2.80. The van der Waals surface area contributed by atoms with Gasteiger partial charge in [-0.05, 0) is 35.8 Å². The fourth-order valence-electron chi connectivity index (χ4n) is 1.65. The third-order valence-corrected chi connectivity index (χ3v) is 2.96. The molecule has 0 fully saturated rings. The normalized spacial score (nSPS) is 12.2. The van der Waals surface area contributed by atoms with E-state index in [1.807, 2.05) is 0 Å². The van der Waals surface area contributed by atoms with Crippen molar-refractivity contribution in [3.63, 3.8) is 0 Å². The molecule has 2 aromatic rings. The second-order valence-corrected chi connectivity index (χ2v) is 5.07. The molecule has 0 atom stereocenters. The van der Waals surface area contributed by atoms with Gasteiger partial charge in [-0.25, -0.2) is 9.78 Å². The van der Waals surface area contributed by atoms with Gasteiger partial charge in [0.1, 0.15) is 4.60 Å². The lowest BCUT2D eigenvalue weighted by Crippen LogP contribution is -2.37.